The molecule has 0 bridgehead atoms. The zero-order valence-electron chi connectivity index (χ0n) is 11.4. The van der Waals surface area contributed by atoms with E-state index >= 15 is 0 Å². The van der Waals surface area contributed by atoms with Gasteiger partial charge in [0.05, 0.1) is 21.3 Å². The smallest absolute Gasteiger partial charge is 0.203 e. The first-order valence-electron chi connectivity index (χ1n) is 5.70. The summed E-state index contributed by atoms with van der Waals surface area (Å²) in [5.74, 6) is 0.516. The molecule has 0 radical (unpaired) electrons. The normalized spacial score (nSPS) is 10.4. The molecule has 1 aromatic heterocycles. The lowest BCUT2D eigenvalue weighted by molar-refractivity contribution is 0.324. The Morgan fingerprint density at radius 2 is 1.38 bits per heavy atom. The van der Waals surface area contributed by atoms with E-state index in [4.69, 9.17) is 37.4 Å². The molecule has 0 aliphatic heterocycles. The zero-order valence-corrected chi connectivity index (χ0v) is 12.9. The van der Waals surface area contributed by atoms with Crippen molar-refractivity contribution in [2.75, 3.05) is 21.3 Å². The summed E-state index contributed by atoms with van der Waals surface area (Å²) in [6, 6.07) is 3.22. The molecule has 0 atom stereocenters. The van der Waals surface area contributed by atoms with Gasteiger partial charge in [-0.15, -0.1) is 0 Å². The van der Waals surface area contributed by atoms with Crippen LogP contribution in [0.4, 0.5) is 4.39 Å². The van der Waals surface area contributed by atoms with Crippen molar-refractivity contribution in [1.29, 1.82) is 0 Å². The van der Waals surface area contributed by atoms with Crippen molar-refractivity contribution in [3.8, 4) is 28.6 Å². The second-order valence-corrected chi connectivity index (χ2v) is 4.57. The van der Waals surface area contributed by atoms with Crippen LogP contribution in [0.1, 0.15) is 0 Å². The predicted molar refractivity (Wildman–Crippen MR) is 77.1 cm³/mol. The molecule has 0 fully saturated rings. The highest BCUT2D eigenvalue weighted by atomic mass is 35.5. The van der Waals surface area contributed by atoms with E-state index < -0.39 is 5.82 Å². The fraction of sp³-hybridized carbons (Fsp3) is 0.231. The molecular formula is C13H11Cl2FN2O3. The molecule has 0 amide bonds. The highest BCUT2D eigenvalue weighted by molar-refractivity contribution is 6.33. The predicted octanol–water partition coefficient (Wildman–Crippen LogP) is 3.62. The maximum atomic E-state index is 13.4. The van der Waals surface area contributed by atoms with Gasteiger partial charge >= 0.3 is 0 Å². The molecule has 0 saturated carbocycles. The Bertz CT molecular complexity index is 634. The molecule has 21 heavy (non-hydrogen) atoms. The SMILES string of the molecule is COc1cc(-c2nc(Cl)c(F)c(Cl)n2)cc(OC)c1OC. The molecule has 0 saturated heterocycles. The van der Waals surface area contributed by atoms with Crippen LogP contribution in [0, 0.1) is 5.82 Å². The fourth-order valence-electron chi connectivity index (χ4n) is 1.73. The average Bonchev–Trinajstić information content (AvgIpc) is 2.50. The molecule has 2 rings (SSSR count). The summed E-state index contributed by atoms with van der Waals surface area (Å²) in [5, 5.41) is -0.725. The van der Waals surface area contributed by atoms with Crippen LogP contribution in [0.25, 0.3) is 11.4 Å². The van der Waals surface area contributed by atoms with Crippen LogP contribution in [0.15, 0.2) is 12.1 Å². The fourth-order valence-corrected chi connectivity index (χ4v) is 2.12. The van der Waals surface area contributed by atoms with Gasteiger partial charge in [-0.05, 0) is 12.1 Å². The van der Waals surface area contributed by atoms with Gasteiger partial charge in [0.1, 0.15) is 0 Å². The Balaban J connectivity index is 2.64. The Morgan fingerprint density at radius 3 is 1.76 bits per heavy atom. The standard InChI is InChI=1S/C13H11Cl2FN2O3/c1-19-7-4-6(5-8(20-2)10(7)21-3)13-17-11(14)9(16)12(15)18-13/h4-5H,1-3H3. The number of hydrogen-bond donors (Lipinski definition) is 0. The minimum absolute atomic E-state index is 0.144. The van der Waals surface area contributed by atoms with Crippen LogP contribution in [-0.2, 0) is 0 Å². The first-order chi connectivity index (χ1) is 10.0. The van der Waals surface area contributed by atoms with Gasteiger partial charge in [0, 0.05) is 5.56 Å². The summed E-state index contributed by atoms with van der Waals surface area (Å²) < 4.78 is 29.0. The molecule has 0 aliphatic carbocycles. The molecule has 0 spiro atoms. The zero-order chi connectivity index (χ0) is 15.6. The highest BCUT2D eigenvalue weighted by Gasteiger charge is 2.18. The lowest BCUT2D eigenvalue weighted by Crippen LogP contribution is -1.98. The van der Waals surface area contributed by atoms with Gasteiger partial charge in [-0.3, -0.25) is 0 Å². The van der Waals surface area contributed by atoms with Gasteiger partial charge in [-0.25, -0.2) is 14.4 Å². The summed E-state index contributed by atoms with van der Waals surface area (Å²) in [5.41, 5.74) is 0.494. The van der Waals surface area contributed by atoms with E-state index in [1.165, 1.54) is 21.3 Å². The molecule has 0 aliphatic rings. The topological polar surface area (TPSA) is 53.5 Å². The van der Waals surface area contributed by atoms with Crippen LogP contribution < -0.4 is 14.2 Å². The third-order valence-corrected chi connectivity index (χ3v) is 3.19. The van der Waals surface area contributed by atoms with Crippen molar-refractivity contribution in [1.82, 2.24) is 9.97 Å². The van der Waals surface area contributed by atoms with Crippen molar-refractivity contribution >= 4 is 23.2 Å². The van der Waals surface area contributed by atoms with Gasteiger partial charge in [0.25, 0.3) is 0 Å². The highest BCUT2D eigenvalue weighted by Crippen LogP contribution is 2.40. The van der Waals surface area contributed by atoms with Crippen LogP contribution in [0.3, 0.4) is 0 Å². The molecular weight excluding hydrogens is 322 g/mol. The molecule has 112 valence electrons. The number of nitrogens with zero attached hydrogens (tertiary/aromatic N) is 2. The molecule has 1 heterocycles. The first-order valence-corrected chi connectivity index (χ1v) is 6.46. The van der Waals surface area contributed by atoms with Crippen molar-refractivity contribution in [3.63, 3.8) is 0 Å². The number of benzene rings is 1. The van der Waals surface area contributed by atoms with E-state index in [1.54, 1.807) is 12.1 Å². The number of aromatic nitrogens is 2. The van der Waals surface area contributed by atoms with Crippen molar-refractivity contribution < 1.29 is 18.6 Å². The molecule has 0 unspecified atom stereocenters. The van der Waals surface area contributed by atoms with E-state index in [9.17, 15) is 4.39 Å². The van der Waals surface area contributed by atoms with Crippen molar-refractivity contribution in [3.05, 3.63) is 28.3 Å². The van der Waals surface area contributed by atoms with Crippen LogP contribution in [0.2, 0.25) is 10.3 Å². The van der Waals surface area contributed by atoms with Gasteiger partial charge < -0.3 is 14.2 Å². The Morgan fingerprint density at radius 1 is 0.905 bits per heavy atom. The lowest BCUT2D eigenvalue weighted by Gasteiger charge is -2.13. The van der Waals surface area contributed by atoms with Crippen molar-refractivity contribution in [2.24, 2.45) is 0 Å². The summed E-state index contributed by atoms with van der Waals surface area (Å²) in [6.45, 7) is 0. The van der Waals surface area contributed by atoms with E-state index in [0.29, 0.717) is 22.8 Å². The number of methoxy groups -OCH3 is 3. The second kappa shape index (κ2) is 6.32. The second-order valence-electron chi connectivity index (χ2n) is 3.86. The Hall–Kier alpha value is -1.79. The van der Waals surface area contributed by atoms with E-state index in [2.05, 4.69) is 9.97 Å². The minimum atomic E-state index is -0.866. The third kappa shape index (κ3) is 2.96. The van der Waals surface area contributed by atoms with Crippen LogP contribution in [0.5, 0.6) is 17.2 Å². The van der Waals surface area contributed by atoms with Gasteiger partial charge in [0.2, 0.25) is 5.75 Å². The first kappa shape index (κ1) is 15.6. The van der Waals surface area contributed by atoms with E-state index in [0.717, 1.165) is 0 Å². The third-order valence-electron chi connectivity index (χ3n) is 2.69. The van der Waals surface area contributed by atoms with Gasteiger partial charge in [-0.2, -0.15) is 0 Å². The van der Waals surface area contributed by atoms with E-state index in [1.807, 2.05) is 0 Å². The molecule has 5 nitrogen and oxygen atoms in total. The van der Waals surface area contributed by atoms with Gasteiger partial charge in [0.15, 0.2) is 33.4 Å². The Labute approximate surface area is 130 Å². The summed E-state index contributed by atoms with van der Waals surface area (Å²) in [6.07, 6.45) is 0. The lowest BCUT2D eigenvalue weighted by atomic mass is 10.1. The van der Waals surface area contributed by atoms with Crippen LogP contribution in [-0.4, -0.2) is 31.3 Å². The molecule has 8 heteroatoms. The molecule has 2 aromatic rings. The van der Waals surface area contributed by atoms with Crippen LogP contribution >= 0.6 is 23.2 Å². The number of rotatable bonds is 4. The molecule has 0 N–H and O–H groups in total. The number of halogens is 3. The summed E-state index contributed by atoms with van der Waals surface area (Å²) in [7, 11) is 4.45. The summed E-state index contributed by atoms with van der Waals surface area (Å²) in [4.78, 5) is 7.71. The molecule has 1 aromatic carbocycles. The van der Waals surface area contributed by atoms with Gasteiger partial charge in [-0.1, -0.05) is 23.2 Å². The van der Waals surface area contributed by atoms with E-state index in [-0.39, 0.29) is 16.1 Å². The maximum Gasteiger partial charge on any atom is 0.203 e. The number of ether oxygens (including phenoxy) is 3. The summed E-state index contributed by atoms with van der Waals surface area (Å²) >= 11 is 11.4. The average molecular weight is 333 g/mol. The number of hydrogen-bond acceptors (Lipinski definition) is 5. The largest absolute Gasteiger partial charge is 0.493 e. The quantitative estimate of drug-likeness (QED) is 0.800. The minimum Gasteiger partial charge on any atom is -0.493 e. The maximum absolute atomic E-state index is 13.4. The van der Waals surface area contributed by atoms with Crippen molar-refractivity contribution in [2.45, 2.75) is 0 Å². The monoisotopic (exact) mass is 332 g/mol. The Kier molecular flexibility index (Phi) is 4.69.